The minimum atomic E-state index is 0.497. The third-order valence-corrected chi connectivity index (χ3v) is 5.19. The third-order valence-electron chi connectivity index (χ3n) is 5.19. The minimum Gasteiger partial charge on any atom is -0.307 e. The summed E-state index contributed by atoms with van der Waals surface area (Å²) in [4.78, 5) is 9.90. The standard InChI is InChI=1S/C18H29N3/c1-4-5-13-6-8-14(9-7-13)18-20-16-11-19-10-15(16)17(21-18)12(2)3/h12-14,19H,4-11H2,1-3H3. The van der Waals surface area contributed by atoms with E-state index < -0.39 is 0 Å². The lowest BCUT2D eigenvalue weighted by molar-refractivity contribution is 0.301. The fourth-order valence-corrected chi connectivity index (χ4v) is 3.99. The molecule has 1 saturated carbocycles. The number of nitrogens with zero attached hydrogens (tertiary/aromatic N) is 2. The second-order valence-corrected chi connectivity index (χ2v) is 7.16. The van der Waals surface area contributed by atoms with Crippen LogP contribution < -0.4 is 5.32 Å². The summed E-state index contributed by atoms with van der Waals surface area (Å²) in [6.07, 6.45) is 8.04. The molecule has 3 nitrogen and oxygen atoms in total. The maximum absolute atomic E-state index is 4.99. The van der Waals surface area contributed by atoms with Crippen LogP contribution in [0.2, 0.25) is 0 Å². The number of fused-ring (bicyclic) bond motifs is 1. The van der Waals surface area contributed by atoms with Crippen molar-refractivity contribution in [1.29, 1.82) is 0 Å². The van der Waals surface area contributed by atoms with Crippen LogP contribution in [-0.4, -0.2) is 9.97 Å². The van der Waals surface area contributed by atoms with Gasteiger partial charge < -0.3 is 5.32 Å². The Morgan fingerprint density at radius 2 is 1.86 bits per heavy atom. The highest BCUT2D eigenvalue weighted by Crippen LogP contribution is 2.37. The Balaban J connectivity index is 1.79. The molecule has 0 radical (unpaired) electrons. The quantitative estimate of drug-likeness (QED) is 0.898. The molecule has 0 aromatic carbocycles. The van der Waals surface area contributed by atoms with Gasteiger partial charge in [-0.25, -0.2) is 9.97 Å². The summed E-state index contributed by atoms with van der Waals surface area (Å²) in [7, 11) is 0. The Morgan fingerprint density at radius 1 is 1.10 bits per heavy atom. The normalized spacial score (nSPS) is 25.3. The van der Waals surface area contributed by atoms with Crippen LogP contribution in [0, 0.1) is 5.92 Å². The summed E-state index contributed by atoms with van der Waals surface area (Å²) in [6.45, 7) is 8.69. The van der Waals surface area contributed by atoms with E-state index in [1.807, 2.05) is 0 Å². The van der Waals surface area contributed by atoms with Gasteiger partial charge in [0.1, 0.15) is 5.82 Å². The van der Waals surface area contributed by atoms with Gasteiger partial charge in [-0.2, -0.15) is 0 Å². The zero-order valence-corrected chi connectivity index (χ0v) is 13.8. The number of hydrogen-bond donors (Lipinski definition) is 1. The molecule has 0 amide bonds. The van der Waals surface area contributed by atoms with Gasteiger partial charge >= 0.3 is 0 Å². The van der Waals surface area contributed by atoms with Crippen LogP contribution in [0.5, 0.6) is 0 Å². The molecule has 1 aliphatic carbocycles. The van der Waals surface area contributed by atoms with E-state index in [0.717, 1.165) is 24.8 Å². The summed E-state index contributed by atoms with van der Waals surface area (Å²) in [5.41, 5.74) is 3.92. The lowest BCUT2D eigenvalue weighted by Gasteiger charge is -2.28. The molecule has 3 rings (SSSR count). The molecule has 2 aliphatic rings. The minimum absolute atomic E-state index is 0.497. The maximum atomic E-state index is 4.99. The third kappa shape index (κ3) is 3.13. The van der Waals surface area contributed by atoms with E-state index in [1.165, 1.54) is 55.5 Å². The molecule has 1 aromatic rings. The molecule has 0 spiro atoms. The fourth-order valence-electron chi connectivity index (χ4n) is 3.99. The number of hydrogen-bond acceptors (Lipinski definition) is 3. The number of nitrogens with one attached hydrogen (secondary N) is 1. The lowest BCUT2D eigenvalue weighted by Crippen LogP contribution is -2.17. The Morgan fingerprint density at radius 3 is 2.52 bits per heavy atom. The average Bonchev–Trinajstić information content (AvgIpc) is 2.95. The predicted octanol–water partition coefficient (Wildman–Crippen LogP) is 4.28. The Labute approximate surface area is 129 Å². The number of rotatable bonds is 4. The van der Waals surface area contributed by atoms with Crippen LogP contribution in [0.1, 0.15) is 93.9 Å². The SMILES string of the molecule is CCCC1CCC(c2nc3c(c(C(C)C)n2)CNC3)CC1. The van der Waals surface area contributed by atoms with Crippen LogP contribution in [0.25, 0.3) is 0 Å². The molecule has 2 heterocycles. The van der Waals surface area contributed by atoms with Gasteiger partial charge in [-0.05, 0) is 37.5 Å². The van der Waals surface area contributed by atoms with Crippen molar-refractivity contribution in [2.24, 2.45) is 5.92 Å². The molecule has 1 aliphatic heterocycles. The number of aromatic nitrogens is 2. The van der Waals surface area contributed by atoms with Gasteiger partial charge in [-0.1, -0.05) is 33.6 Å². The predicted molar refractivity (Wildman–Crippen MR) is 86.3 cm³/mol. The highest BCUT2D eigenvalue weighted by molar-refractivity contribution is 5.31. The van der Waals surface area contributed by atoms with Crippen LogP contribution >= 0.6 is 0 Å². The van der Waals surface area contributed by atoms with Crippen molar-refractivity contribution in [2.45, 2.75) is 84.2 Å². The molecule has 0 unspecified atom stereocenters. The Hall–Kier alpha value is -0.960. The molecule has 1 aromatic heterocycles. The monoisotopic (exact) mass is 287 g/mol. The van der Waals surface area contributed by atoms with Crippen LogP contribution in [0.3, 0.4) is 0 Å². The lowest BCUT2D eigenvalue weighted by atomic mass is 9.79. The second-order valence-electron chi connectivity index (χ2n) is 7.16. The van der Waals surface area contributed by atoms with E-state index in [9.17, 15) is 0 Å². The van der Waals surface area contributed by atoms with Gasteiger partial charge in [0.2, 0.25) is 0 Å². The van der Waals surface area contributed by atoms with Gasteiger partial charge in [0.05, 0.1) is 11.4 Å². The summed E-state index contributed by atoms with van der Waals surface area (Å²) in [6, 6.07) is 0. The molecule has 1 N–H and O–H groups in total. The first kappa shape index (κ1) is 15.0. The van der Waals surface area contributed by atoms with E-state index in [2.05, 4.69) is 26.1 Å². The van der Waals surface area contributed by atoms with Crippen LogP contribution in [0.4, 0.5) is 0 Å². The largest absolute Gasteiger partial charge is 0.307 e. The average molecular weight is 287 g/mol. The second kappa shape index (κ2) is 6.43. The van der Waals surface area contributed by atoms with Crippen molar-refractivity contribution in [3.8, 4) is 0 Å². The van der Waals surface area contributed by atoms with Gasteiger partial charge in [-0.15, -0.1) is 0 Å². The van der Waals surface area contributed by atoms with Crippen molar-refractivity contribution >= 4 is 0 Å². The van der Waals surface area contributed by atoms with Gasteiger partial charge in [0.25, 0.3) is 0 Å². The van der Waals surface area contributed by atoms with Crippen molar-refractivity contribution in [1.82, 2.24) is 15.3 Å². The summed E-state index contributed by atoms with van der Waals surface area (Å²) >= 11 is 0. The molecule has 1 fully saturated rings. The van der Waals surface area contributed by atoms with Crippen molar-refractivity contribution in [2.75, 3.05) is 0 Å². The topological polar surface area (TPSA) is 37.8 Å². The first-order valence-corrected chi connectivity index (χ1v) is 8.79. The Kier molecular flexibility index (Phi) is 4.58. The van der Waals surface area contributed by atoms with Gasteiger partial charge in [0, 0.05) is 24.6 Å². The molecule has 0 saturated heterocycles. The van der Waals surface area contributed by atoms with E-state index >= 15 is 0 Å². The molecule has 21 heavy (non-hydrogen) atoms. The van der Waals surface area contributed by atoms with E-state index in [0.29, 0.717) is 11.8 Å². The van der Waals surface area contributed by atoms with Gasteiger partial charge in [-0.3, -0.25) is 0 Å². The highest BCUT2D eigenvalue weighted by Gasteiger charge is 2.27. The Bertz CT molecular complexity index is 487. The first-order valence-electron chi connectivity index (χ1n) is 8.79. The summed E-state index contributed by atoms with van der Waals surface area (Å²) in [5.74, 6) is 3.18. The smallest absolute Gasteiger partial charge is 0.132 e. The molecular weight excluding hydrogens is 258 g/mol. The molecular formula is C18H29N3. The van der Waals surface area contributed by atoms with Crippen molar-refractivity contribution in [3.63, 3.8) is 0 Å². The highest BCUT2D eigenvalue weighted by atomic mass is 15.0. The van der Waals surface area contributed by atoms with Gasteiger partial charge in [0.15, 0.2) is 0 Å². The molecule has 116 valence electrons. The maximum Gasteiger partial charge on any atom is 0.132 e. The molecule has 3 heteroatoms. The summed E-state index contributed by atoms with van der Waals surface area (Å²) < 4.78 is 0. The van der Waals surface area contributed by atoms with Crippen molar-refractivity contribution < 1.29 is 0 Å². The van der Waals surface area contributed by atoms with E-state index in [4.69, 9.17) is 9.97 Å². The van der Waals surface area contributed by atoms with E-state index in [-0.39, 0.29) is 0 Å². The fraction of sp³-hybridized carbons (Fsp3) is 0.778. The van der Waals surface area contributed by atoms with Crippen molar-refractivity contribution in [3.05, 3.63) is 22.8 Å². The zero-order chi connectivity index (χ0) is 14.8. The van der Waals surface area contributed by atoms with Crippen LogP contribution in [-0.2, 0) is 13.1 Å². The summed E-state index contributed by atoms with van der Waals surface area (Å²) in [5, 5.41) is 3.43. The first-order chi connectivity index (χ1) is 10.2. The zero-order valence-electron chi connectivity index (χ0n) is 13.8. The molecule has 0 atom stereocenters. The van der Waals surface area contributed by atoms with E-state index in [1.54, 1.807) is 0 Å². The molecule has 0 bridgehead atoms. The van der Waals surface area contributed by atoms with Crippen LogP contribution in [0.15, 0.2) is 0 Å².